The Morgan fingerprint density at radius 1 is 1.59 bits per heavy atom. The van der Waals surface area contributed by atoms with Crippen LogP contribution in [-0.2, 0) is 16.1 Å². The number of hydrogen-bond donors (Lipinski definition) is 0. The smallest absolute Gasteiger partial charge is 0.320 e. The molecular formula is C11H17N3O3. The highest BCUT2D eigenvalue weighted by Crippen LogP contribution is 2.38. The van der Waals surface area contributed by atoms with Gasteiger partial charge in [0.15, 0.2) is 5.82 Å². The van der Waals surface area contributed by atoms with Gasteiger partial charge in [0.05, 0.1) is 19.7 Å². The Bertz CT molecular complexity index is 387. The fraction of sp³-hybridized carbons (Fsp3) is 0.727. The highest BCUT2D eigenvalue weighted by molar-refractivity contribution is 5.71. The van der Waals surface area contributed by atoms with E-state index in [-0.39, 0.29) is 12.5 Å². The van der Waals surface area contributed by atoms with Gasteiger partial charge in [0.2, 0.25) is 5.89 Å². The molecule has 1 aliphatic rings. The summed E-state index contributed by atoms with van der Waals surface area (Å²) in [6.07, 6.45) is 2.28. The minimum atomic E-state index is -0.235. The molecule has 0 unspecified atom stereocenters. The van der Waals surface area contributed by atoms with Crippen molar-refractivity contribution in [3.63, 3.8) is 0 Å². The second-order valence-corrected chi connectivity index (χ2v) is 4.30. The number of esters is 1. The molecule has 2 rings (SSSR count). The standard InChI is InChI=1S/C11H17N3O3/c1-3-16-10(15)7-14(2)6-9-12-11(17-13-9)8-4-5-8/h8H,3-7H2,1-2H3. The van der Waals surface area contributed by atoms with Crippen LogP contribution >= 0.6 is 0 Å². The lowest BCUT2D eigenvalue weighted by atomic mass is 10.4. The topological polar surface area (TPSA) is 68.5 Å². The predicted molar refractivity (Wildman–Crippen MR) is 59.2 cm³/mol. The zero-order chi connectivity index (χ0) is 12.3. The van der Waals surface area contributed by atoms with Crippen LogP contribution in [0, 0.1) is 0 Å². The van der Waals surface area contributed by atoms with E-state index in [0.29, 0.717) is 24.9 Å². The second-order valence-electron chi connectivity index (χ2n) is 4.30. The third-order valence-corrected chi connectivity index (χ3v) is 2.53. The van der Waals surface area contributed by atoms with Crippen LogP contribution in [0.2, 0.25) is 0 Å². The zero-order valence-electron chi connectivity index (χ0n) is 10.2. The summed E-state index contributed by atoms with van der Waals surface area (Å²) in [5.41, 5.74) is 0. The van der Waals surface area contributed by atoms with Crippen LogP contribution < -0.4 is 0 Å². The van der Waals surface area contributed by atoms with Crippen molar-refractivity contribution in [2.75, 3.05) is 20.2 Å². The normalized spacial score (nSPS) is 15.2. The van der Waals surface area contributed by atoms with Crippen LogP contribution in [0.1, 0.15) is 37.4 Å². The average Bonchev–Trinajstić information content (AvgIpc) is 3.01. The fourth-order valence-electron chi connectivity index (χ4n) is 1.55. The molecular weight excluding hydrogens is 222 g/mol. The quantitative estimate of drug-likeness (QED) is 0.688. The Morgan fingerprint density at radius 3 is 3.00 bits per heavy atom. The van der Waals surface area contributed by atoms with Gasteiger partial charge in [0.1, 0.15) is 0 Å². The van der Waals surface area contributed by atoms with Crippen molar-refractivity contribution in [1.29, 1.82) is 0 Å². The molecule has 1 aromatic rings. The largest absolute Gasteiger partial charge is 0.465 e. The van der Waals surface area contributed by atoms with Crippen LogP contribution in [0.3, 0.4) is 0 Å². The van der Waals surface area contributed by atoms with E-state index >= 15 is 0 Å². The number of rotatable bonds is 6. The van der Waals surface area contributed by atoms with Crippen molar-refractivity contribution >= 4 is 5.97 Å². The number of carbonyl (C=O) groups is 1. The SMILES string of the molecule is CCOC(=O)CN(C)Cc1noc(C2CC2)n1. The number of nitrogens with zero attached hydrogens (tertiary/aromatic N) is 3. The van der Waals surface area contributed by atoms with Crippen LogP contribution in [0.5, 0.6) is 0 Å². The monoisotopic (exact) mass is 239 g/mol. The number of hydrogen-bond acceptors (Lipinski definition) is 6. The first kappa shape index (κ1) is 12.0. The van der Waals surface area contributed by atoms with Gasteiger partial charge in [-0.15, -0.1) is 0 Å². The van der Waals surface area contributed by atoms with Crippen molar-refractivity contribution in [2.24, 2.45) is 0 Å². The maximum Gasteiger partial charge on any atom is 0.320 e. The van der Waals surface area contributed by atoms with Gasteiger partial charge >= 0.3 is 5.97 Å². The summed E-state index contributed by atoms with van der Waals surface area (Å²) in [6, 6.07) is 0. The molecule has 1 fully saturated rings. The average molecular weight is 239 g/mol. The Kier molecular flexibility index (Phi) is 3.73. The fourth-order valence-corrected chi connectivity index (χ4v) is 1.55. The number of ether oxygens (including phenoxy) is 1. The number of carbonyl (C=O) groups excluding carboxylic acids is 1. The first-order chi connectivity index (χ1) is 8.19. The second kappa shape index (κ2) is 5.27. The molecule has 0 aromatic carbocycles. The molecule has 0 bridgehead atoms. The Balaban J connectivity index is 1.80. The summed E-state index contributed by atoms with van der Waals surface area (Å²) in [6.45, 7) is 2.93. The molecule has 1 aliphatic carbocycles. The number of likely N-dealkylation sites (N-methyl/N-ethyl adjacent to an activating group) is 1. The van der Waals surface area contributed by atoms with E-state index in [4.69, 9.17) is 9.26 Å². The maximum atomic E-state index is 11.2. The zero-order valence-corrected chi connectivity index (χ0v) is 10.2. The van der Waals surface area contributed by atoms with Gasteiger partial charge < -0.3 is 9.26 Å². The van der Waals surface area contributed by atoms with Gasteiger partial charge in [-0.1, -0.05) is 5.16 Å². The van der Waals surface area contributed by atoms with E-state index in [1.807, 2.05) is 7.05 Å². The summed E-state index contributed by atoms with van der Waals surface area (Å²) >= 11 is 0. The highest BCUT2D eigenvalue weighted by Gasteiger charge is 2.29. The van der Waals surface area contributed by atoms with Crippen LogP contribution in [0.15, 0.2) is 4.52 Å². The first-order valence-corrected chi connectivity index (χ1v) is 5.85. The molecule has 0 saturated heterocycles. The Hall–Kier alpha value is -1.43. The van der Waals surface area contributed by atoms with Gasteiger partial charge in [-0.05, 0) is 26.8 Å². The van der Waals surface area contributed by atoms with Gasteiger partial charge in [0, 0.05) is 5.92 Å². The van der Waals surface area contributed by atoms with Crippen molar-refractivity contribution in [2.45, 2.75) is 32.2 Å². The molecule has 1 aromatic heterocycles. The summed E-state index contributed by atoms with van der Waals surface area (Å²) in [7, 11) is 1.82. The molecule has 0 N–H and O–H groups in total. The van der Waals surface area contributed by atoms with Crippen molar-refractivity contribution in [1.82, 2.24) is 15.0 Å². The summed E-state index contributed by atoms with van der Waals surface area (Å²) < 4.78 is 10.00. The molecule has 1 heterocycles. The van der Waals surface area contributed by atoms with Crippen molar-refractivity contribution in [3.05, 3.63) is 11.7 Å². The number of aromatic nitrogens is 2. The van der Waals surface area contributed by atoms with Crippen molar-refractivity contribution < 1.29 is 14.1 Å². The summed E-state index contributed by atoms with van der Waals surface area (Å²) in [5, 5.41) is 3.89. The Morgan fingerprint density at radius 2 is 2.35 bits per heavy atom. The third-order valence-electron chi connectivity index (χ3n) is 2.53. The van der Waals surface area contributed by atoms with E-state index in [2.05, 4.69) is 10.1 Å². The lowest BCUT2D eigenvalue weighted by molar-refractivity contribution is -0.144. The first-order valence-electron chi connectivity index (χ1n) is 5.85. The predicted octanol–water partition coefficient (Wildman–Crippen LogP) is 0.942. The highest BCUT2D eigenvalue weighted by atomic mass is 16.5. The molecule has 0 spiro atoms. The van der Waals surface area contributed by atoms with Crippen LogP contribution in [0.25, 0.3) is 0 Å². The van der Waals surface area contributed by atoms with E-state index in [1.54, 1.807) is 11.8 Å². The lowest BCUT2D eigenvalue weighted by Crippen LogP contribution is -2.27. The van der Waals surface area contributed by atoms with Crippen LogP contribution in [0.4, 0.5) is 0 Å². The molecule has 0 radical (unpaired) electrons. The van der Waals surface area contributed by atoms with E-state index in [9.17, 15) is 4.79 Å². The molecule has 1 saturated carbocycles. The summed E-state index contributed by atoms with van der Waals surface area (Å²) in [5.74, 6) is 1.58. The molecule has 6 nitrogen and oxygen atoms in total. The molecule has 94 valence electrons. The van der Waals surface area contributed by atoms with Gasteiger partial charge in [-0.25, -0.2) is 0 Å². The van der Waals surface area contributed by atoms with Gasteiger partial charge in [-0.3, -0.25) is 9.69 Å². The molecule has 0 atom stereocenters. The lowest BCUT2D eigenvalue weighted by Gasteiger charge is -2.12. The van der Waals surface area contributed by atoms with E-state index < -0.39 is 0 Å². The minimum Gasteiger partial charge on any atom is -0.465 e. The Labute approximate surface area is 99.9 Å². The third kappa shape index (κ3) is 3.52. The molecule has 0 aliphatic heterocycles. The summed E-state index contributed by atoms with van der Waals surface area (Å²) in [4.78, 5) is 17.3. The molecule has 6 heteroatoms. The van der Waals surface area contributed by atoms with Gasteiger partial charge in [0.25, 0.3) is 0 Å². The van der Waals surface area contributed by atoms with Crippen molar-refractivity contribution in [3.8, 4) is 0 Å². The van der Waals surface area contributed by atoms with Crippen LogP contribution in [-0.4, -0.2) is 41.2 Å². The minimum absolute atomic E-state index is 0.235. The van der Waals surface area contributed by atoms with E-state index in [0.717, 1.165) is 18.7 Å². The van der Waals surface area contributed by atoms with Gasteiger partial charge in [-0.2, -0.15) is 4.98 Å². The maximum absolute atomic E-state index is 11.2. The van der Waals surface area contributed by atoms with E-state index in [1.165, 1.54) is 0 Å². The molecule has 0 amide bonds. The molecule has 17 heavy (non-hydrogen) atoms.